The Labute approximate surface area is 231 Å². The monoisotopic (exact) mass is 546 g/mol. The van der Waals surface area contributed by atoms with Gasteiger partial charge in [-0.2, -0.15) is 5.10 Å². The molecule has 2 aliphatic heterocycles. The molecule has 40 heavy (non-hydrogen) atoms. The summed E-state index contributed by atoms with van der Waals surface area (Å²) in [6.45, 7) is 7.20. The van der Waals surface area contributed by atoms with E-state index in [1.165, 1.54) is 6.92 Å². The number of carbonyl (C=O) groups is 3. The molecule has 3 aliphatic rings. The van der Waals surface area contributed by atoms with Gasteiger partial charge in [-0.25, -0.2) is 0 Å². The third-order valence-electron chi connectivity index (χ3n) is 8.31. The summed E-state index contributed by atoms with van der Waals surface area (Å²) in [6, 6.07) is 3.28. The first-order chi connectivity index (χ1) is 19.3. The van der Waals surface area contributed by atoms with E-state index in [0.29, 0.717) is 60.8 Å². The molecule has 1 aromatic carbocycles. The van der Waals surface area contributed by atoms with Gasteiger partial charge in [0.25, 0.3) is 0 Å². The summed E-state index contributed by atoms with van der Waals surface area (Å²) in [7, 11) is 0. The third-order valence-corrected chi connectivity index (χ3v) is 8.31. The lowest BCUT2D eigenvalue weighted by Crippen LogP contribution is -2.44. The minimum Gasteiger partial charge on any atom is -0.421 e. The molecule has 1 N–H and O–H groups in total. The van der Waals surface area contributed by atoms with Crippen LogP contribution in [-0.2, 0) is 27.4 Å². The normalized spacial score (nSPS) is 26.0. The molecule has 4 heterocycles. The molecule has 1 aliphatic carbocycles. The Morgan fingerprint density at radius 1 is 1.20 bits per heavy atom. The van der Waals surface area contributed by atoms with Crippen LogP contribution >= 0.6 is 0 Å². The largest absolute Gasteiger partial charge is 0.421 e. The number of ether oxygens (including phenoxy) is 1. The van der Waals surface area contributed by atoms with Gasteiger partial charge in [0.05, 0.1) is 24.8 Å². The number of hydrogen-bond acceptors (Lipinski definition) is 9. The fourth-order valence-electron chi connectivity index (χ4n) is 6.29. The number of aryl methyl sites for hydroxylation is 1. The lowest BCUT2D eigenvalue weighted by atomic mass is 9.97. The van der Waals surface area contributed by atoms with Crippen molar-refractivity contribution in [2.45, 2.75) is 71.6 Å². The van der Waals surface area contributed by atoms with Crippen LogP contribution in [0.2, 0.25) is 0 Å². The second-order valence-electron chi connectivity index (χ2n) is 11.1. The van der Waals surface area contributed by atoms with Gasteiger partial charge in [0, 0.05) is 49.2 Å². The van der Waals surface area contributed by atoms with Crippen LogP contribution in [0.4, 0.5) is 0 Å². The first-order valence-corrected chi connectivity index (χ1v) is 13.9. The maximum Gasteiger partial charge on any atom is 0.247 e. The second-order valence-corrected chi connectivity index (χ2v) is 11.1. The summed E-state index contributed by atoms with van der Waals surface area (Å²) in [5.41, 5.74) is 2.34. The Balaban J connectivity index is 1.45. The van der Waals surface area contributed by atoms with Crippen molar-refractivity contribution < 1.29 is 23.5 Å². The summed E-state index contributed by atoms with van der Waals surface area (Å²) in [4.78, 5) is 41.4. The van der Waals surface area contributed by atoms with Crippen molar-refractivity contribution in [1.29, 1.82) is 0 Å². The SMILES string of the molecule is CCC(=O)[C@@H]1C[C@]23COC/C=C\CCNCc4cc(-c5nnc(C)o5)cc5c(C(C)=O)nn(c45)CC(=O)N1[C@@H]2C3. The summed E-state index contributed by atoms with van der Waals surface area (Å²) < 4.78 is 13.3. The summed E-state index contributed by atoms with van der Waals surface area (Å²) in [5, 5.41) is 16.9. The van der Waals surface area contributed by atoms with E-state index in [9.17, 15) is 14.4 Å². The molecule has 0 spiro atoms. The molecule has 2 aromatic heterocycles. The lowest BCUT2D eigenvalue weighted by Gasteiger charge is -2.26. The van der Waals surface area contributed by atoms with Crippen LogP contribution in [0, 0.1) is 12.3 Å². The van der Waals surface area contributed by atoms with Gasteiger partial charge in [-0.05, 0) is 43.5 Å². The molecule has 11 heteroatoms. The molecular formula is C29H34N6O5. The number of hydrogen-bond donors (Lipinski definition) is 1. The second kappa shape index (κ2) is 10.4. The molecule has 2 bridgehead atoms. The highest BCUT2D eigenvalue weighted by atomic mass is 16.5. The average Bonchev–Trinajstić information content (AvgIpc) is 3.22. The standard InChI is InChI=1S/C29H34N6O5/c1-4-23(37)22-12-29-13-24(29)35(22)25(38)15-34-27-20(14-30-8-6-5-7-9-39-16-29)10-19(28-32-31-18(3)40-28)11-21(27)26(33-34)17(2)36/h5,7,10-11,22,24,30H,4,6,8-9,12-16H2,1-3H3/b7-5-/t22-,24+,29-/m0/s1. The zero-order valence-corrected chi connectivity index (χ0v) is 23.1. The Hall–Kier alpha value is -3.70. The van der Waals surface area contributed by atoms with Crippen LogP contribution in [0.5, 0.6) is 0 Å². The summed E-state index contributed by atoms with van der Waals surface area (Å²) in [6.07, 6.45) is 6.75. The Morgan fingerprint density at radius 2 is 2.05 bits per heavy atom. The predicted molar refractivity (Wildman–Crippen MR) is 145 cm³/mol. The minimum atomic E-state index is -0.461. The Morgan fingerprint density at radius 3 is 2.80 bits per heavy atom. The number of nitrogens with zero attached hydrogens (tertiary/aromatic N) is 5. The van der Waals surface area contributed by atoms with Gasteiger partial charge < -0.3 is 19.4 Å². The van der Waals surface area contributed by atoms with Gasteiger partial charge >= 0.3 is 0 Å². The summed E-state index contributed by atoms with van der Waals surface area (Å²) in [5.74, 6) is 0.473. The maximum absolute atomic E-state index is 13.9. The molecule has 0 radical (unpaired) electrons. The van der Waals surface area contributed by atoms with E-state index < -0.39 is 6.04 Å². The van der Waals surface area contributed by atoms with Crippen molar-refractivity contribution in [3.05, 3.63) is 41.4 Å². The van der Waals surface area contributed by atoms with Crippen LogP contribution in [0.25, 0.3) is 22.4 Å². The molecule has 2 fully saturated rings. The number of benzene rings is 1. The van der Waals surface area contributed by atoms with E-state index in [1.54, 1.807) is 16.5 Å². The van der Waals surface area contributed by atoms with E-state index in [-0.39, 0.29) is 41.2 Å². The third kappa shape index (κ3) is 4.66. The molecule has 3 aromatic rings. The van der Waals surface area contributed by atoms with E-state index in [0.717, 1.165) is 24.9 Å². The number of aromatic nitrogens is 4. The van der Waals surface area contributed by atoms with Gasteiger partial charge in [0.1, 0.15) is 12.2 Å². The van der Waals surface area contributed by atoms with E-state index in [1.807, 2.05) is 25.1 Å². The number of rotatable bonds is 4. The van der Waals surface area contributed by atoms with Crippen molar-refractivity contribution in [2.24, 2.45) is 5.41 Å². The highest BCUT2D eigenvalue weighted by Crippen LogP contribution is 2.60. The van der Waals surface area contributed by atoms with Crippen molar-refractivity contribution in [3.63, 3.8) is 0 Å². The quantitative estimate of drug-likeness (QED) is 0.387. The van der Waals surface area contributed by atoms with Crippen molar-refractivity contribution in [2.75, 3.05) is 19.8 Å². The van der Waals surface area contributed by atoms with Crippen LogP contribution in [0.15, 0.2) is 28.7 Å². The number of piperidine rings is 1. The number of nitrogens with one attached hydrogen (secondary N) is 1. The van der Waals surface area contributed by atoms with Gasteiger partial charge in [-0.3, -0.25) is 19.1 Å². The van der Waals surface area contributed by atoms with Gasteiger partial charge in [0.15, 0.2) is 11.6 Å². The van der Waals surface area contributed by atoms with Crippen LogP contribution < -0.4 is 5.32 Å². The zero-order chi connectivity index (χ0) is 28.0. The molecule has 210 valence electrons. The molecule has 1 amide bonds. The molecular weight excluding hydrogens is 512 g/mol. The zero-order valence-electron chi connectivity index (χ0n) is 23.1. The van der Waals surface area contributed by atoms with Crippen LogP contribution in [-0.4, -0.2) is 74.2 Å². The first kappa shape index (κ1) is 26.5. The number of amides is 1. The molecule has 6 rings (SSSR count). The lowest BCUT2D eigenvalue weighted by molar-refractivity contribution is -0.139. The van der Waals surface area contributed by atoms with E-state index in [4.69, 9.17) is 9.15 Å². The van der Waals surface area contributed by atoms with Crippen molar-refractivity contribution in [3.8, 4) is 11.5 Å². The smallest absolute Gasteiger partial charge is 0.247 e. The van der Waals surface area contributed by atoms with Crippen LogP contribution in [0.3, 0.4) is 0 Å². The molecule has 11 nitrogen and oxygen atoms in total. The van der Waals surface area contributed by atoms with E-state index in [2.05, 4.69) is 26.7 Å². The average molecular weight is 547 g/mol. The number of Topliss-reactive ketones (excluding diaryl/α,β-unsaturated/α-hetero) is 2. The van der Waals surface area contributed by atoms with Crippen LogP contribution in [0.1, 0.15) is 61.5 Å². The maximum atomic E-state index is 13.9. The predicted octanol–water partition coefficient (Wildman–Crippen LogP) is 3.00. The molecule has 0 unspecified atom stereocenters. The Bertz CT molecular complexity index is 1520. The van der Waals surface area contributed by atoms with Gasteiger partial charge in [0.2, 0.25) is 17.7 Å². The number of ketones is 2. The topological polar surface area (TPSA) is 132 Å². The fraction of sp³-hybridized carbons (Fsp3) is 0.517. The molecule has 1 saturated carbocycles. The molecule has 3 atom stereocenters. The van der Waals surface area contributed by atoms with Gasteiger partial charge in [-0.15, -0.1) is 10.2 Å². The minimum absolute atomic E-state index is 0.0252. The summed E-state index contributed by atoms with van der Waals surface area (Å²) >= 11 is 0. The van der Waals surface area contributed by atoms with Crippen molar-refractivity contribution in [1.82, 2.24) is 30.2 Å². The first-order valence-electron chi connectivity index (χ1n) is 13.9. The van der Waals surface area contributed by atoms with E-state index >= 15 is 0 Å². The highest BCUT2D eigenvalue weighted by Gasteiger charge is 2.66. The number of carbonyl (C=O) groups excluding carboxylic acids is 3. The fourth-order valence-corrected chi connectivity index (χ4v) is 6.29. The van der Waals surface area contributed by atoms with Gasteiger partial charge in [-0.1, -0.05) is 19.1 Å². The molecule has 1 saturated heterocycles. The highest BCUT2D eigenvalue weighted by molar-refractivity contribution is 6.07. The Kier molecular flexibility index (Phi) is 6.87. The van der Waals surface area contributed by atoms with Crippen molar-refractivity contribution >= 4 is 28.4 Å².